The van der Waals surface area contributed by atoms with Crippen LogP contribution in [0.4, 0.5) is 5.69 Å². The van der Waals surface area contributed by atoms with Crippen molar-refractivity contribution >= 4 is 28.1 Å². The number of hydrogen-bond acceptors (Lipinski definition) is 5. The lowest BCUT2D eigenvalue weighted by molar-refractivity contribution is -0.111. The Bertz CT molecular complexity index is 1370. The van der Waals surface area contributed by atoms with Crippen molar-refractivity contribution in [2.45, 2.75) is 13.8 Å². The Labute approximate surface area is 198 Å². The molecule has 0 saturated heterocycles. The summed E-state index contributed by atoms with van der Waals surface area (Å²) in [7, 11) is 4.81. The molecule has 0 atom stereocenters. The number of benzene rings is 3. The minimum atomic E-state index is -0.212. The molecule has 0 aliphatic carbocycles. The summed E-state index contributed by atoms with van der Waals surface area (Å²) in [4.78, 5) is 12.6. The summed E-state index contributed by atoms with van der Waals surface area (Å²) >= 11 is 0. The van der Waals surface area contributed by atoms with E-state index in [2.05, 4.69) is 5.32 Å². The summed E-state index contributed by atoms with van der Waals surface area (Å²) in [5, 5.41) is 3.80. The van der Waals surface area contributed by atoms with Gasteiger partial charge in [0.25, 0.3) is 0 Å². The van der Waals surface area contributed by atoms with Gasteiger partial charge in [-0.05, 0) is 55.3 Å². The van der Waals surface area contributed by atoms with E-state index >= 15 is 0 Å². The highest BCUT2D eigenvalue weighted by atomic mass is 16.5. The zero-order chi connectivity index (χ0) is 24.2. The molecule has 1 heterocycles. The molecule has 0 aliphatic heterocycles. The van der Waals surface area contributed by atoms with Gasteiger partial charge in [-0.2, -0.15) is 0 Å². The van der Waals surface area contributed by atoms with E-state index in [9.17, 15) is 4.79 Å². The van der Waals surface area contributed by atoms with E-state index in [1.165, 1.54) is 0 Å². The zero-order valence-electron chi connectivity index (χ0n) is 19.9. The van der Waals surface area contributed by atoms with Gasteiger partial charge >= 0.3 is 0 Å². The molecule has 1 N–H and O–H groups in total. The Balaban J connectivity index is 1.72. The van der Waals surface area contributed by atoms with Crippen molar-refractivity contribution in [1.82, 2.24) is 0 Å². The Morgan fingerprint density at radius 2 is 1.59 bits per heavy atom. The number of furan rings is 1. The first-order valence-corrected chi connectivity index (χ1v) is 10.8. The van der Waals surface area contributed by atoms with Crippen LogP contribution < -0.4 is 19.5 Å². The number of carbonyl (C=O) groups is 1. The van der Waals surface area contributed by atoms with Crippen LogP contribution in [0.15, 0.2) is 71.4 Å². The minimum absolute atomic E-state index is 0.212. The van der Waals surface area contributed by atoms with Crippen LogP contribution >= 0.6 is 0 Å². The van der Waals surface area contributed by atoms with Gasteiger partial charge in [0.05, 0.1) is 27.6 Å². The molecule has 0 radical (unpaired) electrons. The fraction of sp³-hybridized carbons (Fsp3) is 0.179. The van der Waals surface area contributed by atoms with Gasteiger partial charge in [0.1, 0.15) is 11.3 Å². The van der Waals surface area contributed by atoms with Crippen molar-refractivity contribution in [2.75, 3.05) is 26.6 Å². The van der Waals surface area contributed by atoms with Crippen LogP contribution in [-0.2, 0) is 4.79 Å². The normalized spacial score (nSPS) is 11.4. The summed E-state index contributed by atoms with van der Waals surface area (Å²) in [6.45, 7) is 3.89. The molecule has 3 aromatic carbocycles. The summed E-state index contributed by atoms with van der Waals surface area (Å²) in [6.07, 6.45) is 3.28. The lowest BCUT2D eigenvalue weighted by Crippen LogP contribution is -2.08. The van der Waals surface area contributed by atoms with Gasteiger partial charge in [-0.15, -0.1) is 0 Å². The first-order valence-electron chi connectivity index (χ1n) is 10.8. The number of carbonyl (C=O) groups excluding carboxylic acids is 1. The second kappa shape index (κ2) is 9.75. The summed E-state index contributed by atoms with van der Waals surface area (Å²) < 4.78 is 22.2. The maximum Gasteiger partial charge on any atom is 0.248 e. The molecule has 0 aliphatic rings. The quantitative estimate of drug-likeness (QED) is 0.322. The molecule has 1 aromatic heterocycles. The molecule has 34 heavy (non-hydrogen) atoms. The highest BCUT2D eigenvalue weighted by Crippen LogP contribution is 2.39. The van der Waals surface area contributed by atoms with Crippen LogP contribution in [0.5, 0.6) is 17.2 Å². The summed E-state index contributed by atoms with van der Waals surface area (Å²) in [6, 6.07) is 17.2. The molecular weight excluding hydrogens is 430 g/mol. The molecule has 1 amide bonds. The SMILES string of the molecule is COc1ccc(-c2coc3cc(OC)c(/C(C)=C/C(=O)Nc4ccc(C)cc4)cc23)cc1OC. The standard InChI is InChI=1S/C28H27NO5/c1-17-6-9-20(10-7-17)29-28(30)12-18(2)21-14-22-23(16-34-26(22)15-25(21)32-4)19-8-11-24(31-3)27(13-19)33-5/h6-16H,1-5H3,(H,29,30)/b18-12+. The number of methoxy groups -OCH3 is 3. The van der Waals surface area contributed by atoms with Gasteiger partial charge < -0.3 is 23.9 Å². The van der Waals surface area contributed by atoms with Crippen molar-refractivity contribution in [2.24, 2.45) is 0 Å². The number of anilines is 1. The Kier molecular flexibility index (Phi) is 6.59. The van der Waals surface area contributed by atoms with E-state index < -0.39 is 0 Å². The van der Waals surface area contributed by atoms with E-state index in [0.29, 0.717) is 22.8 Å². The monoisotopic (exact) mass is 457 g/mol. The first-order chi connectivity index (χ1) is 16.4. The number of hydrogen-bond donors (Lipinski definition) is 1. The third-order valence-corrected chi connectivity index (χ3v) is 5.68. The van der Waals surface area contributed by atoms with Gasteiger partial charge in [-0.25, -0.2) is 0 Å². The van der Waals surface area contributed by atoms with Gasteiger partial charge in [-0.1, -0.05) is 23.8 Å². The summed E-state index contributed by atoms with van der Waals surface area (Å²) in [5.41, 5.74) is 5.95. The Hall–Kier alpha value is -4.19. The molecule has 0 bridgehead atoms. The molecule has 6 nitrogen and oxygen atoms in total. The number of nitrogens with one attached hydrogen (secondary N) is 1. The van der Waals surface area contributed by atoms with Crippen LogP contribution in [0, 0.1) is 6.92 Å². The highest BCUT2D eigenvalue weighted by molar-refractivity contribution is 6.05. The average Bonchev–Trinajstić information content (AvgIpc) is 3.26. The lowest BCUT2D eigenvalue weighted by atomic mass is 9.99. The Morgan fingerprint density at radius 3 is 2.26 bits per heavy atom. The molecule has 0 unspecified atom stereocenters. The van der Waals surface area contributed by atoms with Crippen molar-refractivity contribution in [3.05, 3.63) is 78.1 Å². The van der Waals surface area contributed by atoms with Crippen LogP contribution in [0.3, 0.4) is 0 Å². The molecule has 0 fully saturated rings. The first kappa shape index (κ1) is 23.0. The molecular formula is C28H27NO5. The molecule has 4 rings (SSSR count). The van der Waals surface area contributed by atoms with E-state index in [1.54, 1.807) is 33.7 Å². The van der Waals surface area contributed by atoms with E-state index in [4.69, 9.17) is 18.6 Å². The van der Waals surface area contributed by atoms with Gasteiger partial charge in [0.15, 0.2) is 11.5 Å². The zero-order valence-corrected chi connectivity index (χ0v) is 19.9. The molecule has 0 saturated carbocycles. The van der Waals surface area contributed by atoms with Crippen molar-refractivity contribution in [3.63, 3.8) is 0 Å². The van der Waals surface area contributed by atoms with Crippen molar-refractivity contribution < 1.29 is 23.4 Å². The predicted molar refractivity (Wildman–Crippen MR) is 135 cm³/mol. The van der Waals surface area contributed by atoms with Crippen LogP contribution in [-0.4, -0.2) is 27.2 Å². The third kappa shape index (κ3) is 4.62. The number of fused-ring (bicyclic) bond motifs is 1. The third-order valence-electron chi connectivity index (χ3n) is 5.68. The van der Waals surface area contributed by atoms with Crippen molar-refractivity contribution in [1.29, 1.82) is 0 Å². The average molecular weight is 458 g/mol. The second-order valence-electron chi connectivity index (χ2n) is 7.95. The summed E-state index contributed by atoms with van der Waals surface area (Å²) in [5.74, 6) is 1.69. The van der Waals surface area contributed by atoms with E-state index in [0.717, 1.165) is 38.9 Å². The maximum absolute atomic E-state index is 12.6. The van der Waals surface area contributed by atoms with Gasteiger partial charge in [0.2, 0.25) is 5.91 Å². The Morgan fingerprint density at radius 1 is 0.882 bits per heavy atom. The number of amides is 1. The molecule has 6 heteroatoms. The number of allylic oxidation sites excluding steroid dienone is 1. The minimum Gasteiger partial charge on any atom is -0.496 e. The number of aryl methyl sites for hydroxylation is 1. The largest absolute Gasteiger partial charge is 0.496 e. The van der Waals surface area contributed by atoms with Crippen molar-refractivity contribution in [3.8, 4) is 28.4 Å². The van der Waals surface area contributed by atoms with E-state index in [1.807, 2.05) is 68.4 Å². The fourth-order valence-corrected chi connectivity index (χ4v) is 3.85. The molecule has 0 spiro atoms. The van der Waals surface area contributed by atoms with Gasteiger partial charge in [0, 0.05) is 34.3 Å². The highest BCUT2D eigenvalue weighted by Gasteiger charge is 2.16. The molecule has 174 valence electrons. The maximum atomic E-state index is 12.6. The topological polar surface area (TPSA) is 69.9 Å². The lowest BCUT2D eigenvalue weighted by Gasteiger charge is -2.11. The smallest absolute Gasteiger partial charge is 0.248 e. The van der Waals surface area contributed by atoms with E-state index in [-0.39, 0.29) is 5.91 Å². The number of rotatable bonds is 7. The van der Waals surface area contributed by atoms with Crippen LogP contribution in [0.1, 0.15) is 18.1 Å². The predicted octanol–water partition coefficient (Wildman–Crippen LogP) is 6.48. The van der Waals surface area contributed by atoms with Crippen LogP contribution in [0.25, 0.3) is 27.7 Å². The fourth-order valence-electron chi connectivity index (χ4n) is 3.85. The van der Waals surface area contributed by atoms with Gasteiger partial charge in [-0.3, -0.25) is 4.79 Å². The molecule has 4 aromatic rings. The number of ether oxygens (including phenoxy) is 3. The second-order valence-corrected chi connectivity index (χ2v) is 7.95. The van der Waals surface area contributed by atoms with Crippen LogP contribution in [0.2, 0.25) is 0 Å².